The Hall–Kier alpha value is -2.41. The van der Waals surface area contributed by atoms with Crippen molar-refractivity contribution in [3.63, 3.8) is 0 Å². The van der Waals surface area contributed by atoms with Gasteiger partial charge in [-0.1, -0.05) is 31.4 Å². The molecule has 3 heterocycles. The molecule has 1 unspecified atom stereocenters. The molecule has 1 saturated carbocycles. The van der Waals surface area contributed by atoms with Crippen LogP contribution in [0.3, 0.4) is 0 Å². The summed E-state index contributed by atoms with van der Waals surface area (Å²) in [7, 11) is 0. The number of carbonyl (C=O) groups excluding carboxylic acids is 1. The van der Waals surface area contributed by atoms with E-state index in [-0.39, 0.29) is 23.4 Å². The fourth-order valence-electron chi connectivity index (χ4n) is 4.80. The largest absolute Gasteiger partial charge is 0.444 e. The first-order valence-corrected chi connectivity index (χ1v) is 12.4. The van der Waals surface area contributed by atoms with Gasteiger partial charge in [-0.3, -0.25) is 4.79 Å². The minimum absolute atomic E-state index is 0.0359. The van der Waals surface area contributed by atoms with Gasteiger partial charge in [0, 0.05) is 12.1 Å². The van der Waals surface area contributed by atoms with Crippen LogP contribution in [-0.4, -0.2) is 49.9 Å². The van der Waals surface area contributed by atoms with Gasteiger partial charge in [-0.05, 0) is 77.8 Å². The average molecular weight is 458 g/mol. The highest BCUT2D eigenvalue weighted by molar-refractivity contribution is 5.73. The second-order valence-electron chi connectivity index (χ2n) is 10.3. The number of nitrogens with one attached hydrogen (secondary N) is 1. The van der Waals surface area contributed by atoms with Crippen LogP contribution >= 0.6 is 0 Å². The molecule has 1 aliphatic carbocycles. The zero-order chi connectivity index (χ0) is 23.8. The van der Waals surface area contributed by atoms with E-state index in [1.54, 1.807) is 0 Å². The third kappa shape index (κ3) is 7.84. The summed E-state index contributed by atoms with van der Waals surface area (Å²) in [5.74, 6) is 0. The predicted octanol–water partition coefficient (Wildman–Crippen LogP) is 5.17. The number of H-pyrrole nitrogens is 1. The zero-order valence-electron chi connectivity index (χ0n) is 20.3. The highest BCUT2D eigenvalue weighted by Crippen LogP contribution is 2.36. The maximum atomic E-state index is 12.0. The second kappa shape index (κ2) is 11.6. The summed E-state index contributed by atoms with van der Waals surface area (Å²) in [5.41, 5.74) is 1.06. The topological polar surface area (TPSA) is 95.5 Å². The summed E-state index contributed by atoms with van der Waals surface area (Å²) >= 11 is 0. The number of aliphatic hydroxyl groups is 1. The SMILES string of the molecule is CC(C)(C)OC(=O)N1C2CCC[C@H]1CC2.O=c1cnc2ccccc2[nH]1.OC1CCCCC1. The predicted molar refractivity (Wildman–Crippen MR) is 130 cm³/mol. The van der Waals surface area contributed by atoms with Crippen molar-refractivity contribution in [1.29, 1.82) is 0 Å². The van der Waals surface area contributed by atoms with Crippen LogP contribution in [0, 0.1) is 0 Å². The van der Waals surface area contributed by atoms with Gasteiger partial charge < -0.3 is 19.7 Å². The first kappa shape index (κ1) is 25.2. The fraction of sp³-hybridized carbons (Fsp3) is 0.654. The third-order valence-corrected chi connectivity index (χ3v) is 6.36. The maximum absolute atomic E-state index is 12.0. The number of hydrogen-bond acceptors (Lipinski definition) is 5. The van der Waals surface area contributed by atoms with E-state index in [1.165, 1.54) is 44.7 Å². The molecule has 0 radical (unpaired) electrons. The van der Waals surface area contributed by atoms with E-state index in [9.17, 15) is 9.59 Å². The lowest BCUT2D eigenvalue weighted by atomic mass is 9.98. The van der Waals surface area contributed by atoms with E-state index >= 15 is 0 Å². The molecule has 33 heavy (non-hydrogen) atoms. The number of fused-ring (bicyclic) bond motifs is 3. The minimum atomic E-state index is -0.367. The number of hydrogen-bond donors (Lipinski definition) is 2. The number of ether oxygens (including phenoxy) is 1. The Bertz CT molecular complexity index is 930. The number of carbonyl (C=O) groups is 1. The molecule has 7 heteroatoms. The van der Waals surface area contributed by atoms with Gasteiger partial charge in [0.15, 0.2) is 0 Å². The molecule has 1 aromatic carbocycles. The molecule has 2 aliphatic heterocycles. The molecule has 2 bridgehead atoms. The Morgan fingerprint density at radius 2 is 1.64 bits per heavy atom. The van der Waals surface area contributed by atoms with Crippen molar-refractivity contribution in [3.8, 4) is 0 Å². The zero-order valence-corrected chi connectivity index (χ0v) is 20.3. The number of nitrogens with zero attached hydrogens (tertiary/aromatic N) is 2. The van der Waals surface area contributed by atoms with Crippen molar-refractivity contribution in [2.75, 3.05) is 0 Å². The second-order valence-corrected chi connectivity index (χ2v) is 10.3. The Balaban J connectivity index is 0.000000149. The quantitative estimate of drug-likeness (QED) is 0.569. The molecule has 1 amide bonds. The van der Waals surface area contributed by atoms with Crippen LogP contribution in [0.1, 0.15) is 85.0 Å². The number of rotatable bonds is 0. The van der Waals surface area contributed by atoms with Crippen LogP contribution in [-0.2, 0) is 4.74 Å². The summed E-state index contributed by atoms with van der Waals surface area (Å²) in [5, 5.41) is 8.91. The summed E-state index contributed by atoms with van der Waals surface area (Å²) in [6.45, 7) is 5.78. The molecular formula is C26H39N3O4. The fourth-order valence-corrected chi connectivity index (χ4v) is 4.80. The van der Waals surface area contributed by atoms with E-state index < -0.39 is 0 Å². The first-order chi connectivity index (χ1) is 15.7. The van der Waals surface area contributed by atoms with Gasteiger partial charge in [0.1, 0.15) is 5.60 Å². The number of piperidine rings is 1. The molecule has 7 nitrogen and oxygen atoms in total. The van der Waals surface area contributed by atoms with Gasteiger partial charge in [0.05, 0.1) is 23.3 Å². The minimum Gasteiger partial charge on any atom is -0.444 e. The van der Waals surface area contributed by atoms with E-state index in [4.69, 9.17) is 9.84 Å². The normalized spacial score (nSPS) is 22.6. The highest BCUT2D eigenvalue weighted by Gasteiger charge is 2.41. The Labute approximate surface area is 196 Å². The van der Waals surface area contributed by atoms with Crippen LogP contribution in [0.5, 0.6) is 0 Å². The molecule has 182 valence electrons. The molecule has 1 aromatic heterocycles. The van der Waals surface area contributed by atoms with Crippen molar-refractivity contribution in [2.24, 2.45) is 0 Å². The summed E-state index contributed by atoms with van der Waals surface area (Å²) in [6, 6.07) is 8.33. The molecule has 2 aromatic rings. The summed E-state index contributed by atoms with van der Waals surface area (Å²) in [6.07, 6.45) is 13.0. The number of para-hydroxylation sites is 2. The van der Waals surface area contributed by atoms with Crippen LogP contribution in [0.15, 0.2) is 35.3 Å². The Morgan fingerprint density at radius 3 is 2.21 bits per heavy atom. The lowest BCUT2D eigenvalue weighted by molar-refractivity contribution is 0.00783. The monoisotopic (exact) mass is 457 g/mol. The lowest BCUT2D eigenvalue weighted by Gasteiger charge is -2.35. The van der Waals surface area contributed by atoms with E-state index in [2.05, 4.69) is 9.97 Å². The van der Waals surface area contributed by atoms with Gasteiger partial charge in [0.2, 0.25) is 0 Å². The van der Waals surface area contributed by atoms with Crippen LogP contribution in [0.4, 0.5) is 4.79 Å². The van der Waals surface area contributed by atoms with E-state index in [0.717, 1.165) is 36.7 Å². The van der Waals surface area contributed by atoms with Gasteiger partial charge in [-0.2, -0.15) is 0 Å². The van der Waals surface area contributed by atoms with Gasteiger partial charge in [-0.15, -0.1) is 0 Å². The summed E-state index contributed by atoms with van der Waals surface area (Å²) in [4.78, 5) is 31.3. The molecule has 3 aliphatic rings. The molecule has 0 spiro atoms. The van der Waals surface area contributed by atoms with Gasteiger partial charge in [0.25, 0.3) is 5.56 Å². The number of benzene rings is 1. The van der Waals surface area contributed by atoms with Crippen LogP contribution in [0.25, 0.3) is 11.0 Å². The van der Waals surface area contributed by atoms with Crippen LogP contribution in [0.2, 0.25) is 0 Å². The standard InChI is InChI=1S/C12H21NO2.C8H6N2O.C6H12O/c1-12(2,3)15-11(14)13-9-5-4-6-10(13)8-7-9;11-8-5-9-6-3-1-2-4-7(6)10-8;7-6-4-2-1-3-5-6/h9-10H,4-8H2,1-3H3;1-5H,(H,10,11);6-7H,1-5H2/t9-,10?;;/m0../s1. The Morgan fingerprint density at radius 1 is 1.00 bits per heavy atom. The molecule has 3 fully saturated rings. The van der Waals surface area contributed by atoms with Gasteiger partial charge >= 0.3 is 6.09 Å². The first-order valence-electron chi connectivity index (χ1n) is 12.4. The van der Waals surface area contributed by atoms with E-state index in [0.29, 0.717) is 12.1 Å². The maximum Gasteiger partial charge on any atom is 0.410 e. The number of aliphatic hydroxyl groups excluding tert-OH is 1. The Kier molecular flexibility index (Phi) is 8.89. The average Bonchev–Trinajstić information content (AvgIpc) is 3.03. The highest BCUT2D eigenvalue weighted by atomic mass is 16.6. The molecule has 5 rings (SSSR count). The molecule has 2 atom stereocenters. The molecule has 2 N–H and O–H groups in total. The smallest absolute Gasteiger partial charge is 0.410 e. The molecular weight excluding hydrogens is 418 g/mol. The number of aromatic nitrogens is 2. The lowest BCUT2D eigenvalue weighted by Crippen LogP contribution is -2.46. The number of aromatic amines is 1. The van der Waals surface area contributed by atoms with Crippen molar-refractivity contribution >= 4 is 17.1 Å². The number of amides is 1. The van der Waals surface area contributed by atoms with Crippen LogP contribution < -0.4 is 5.56 Å². The third-order valence-electron chi connectivity index (χ3n) is 6.36. The van der Waals surface area contributed by atoms with E-state index in [1.807, 2.05) is 49.9 Å². The van der Waals surface area contributed by atoms with Gasteiger partial charge in [-0.25, -0.2) is 9.78 Å². The van der Waals surface area contributed by atoms with Crippen molar-refractivity contribution in [1.82, 2.24) is 14.9 Å². The van der Waals surface area contributed by atoms with Crippen molar-refractivity contribution < 1.29 is 14.6 Å². The van der Waals surface area contributed by atoms with Crippen molar-refractivity contribution in [3.05, 3.63) is 40.8 Å². The van der Waals surface area contributed by atoms with Crippen molar-refractivity contribution in [2.45, 2.75) is 109 Å². The molecule has 2 saturated heterocycles. The summed E-state index contributed by atoms with van der Waals surface area (Å²) < 4.78 is 5.44.